The topological polar surface area (TPSA) is 141 Å². The second-order valence-corrected chi connectivity index (χ2v) is 8.41. The van der Waals surface area contributed by atoms with Crippen LogP contribution in [0.3, 0.4) is 0 Å². The summed E-state index contributed by atoms with van der Waals surface area (Å²) in [5.74, 6) is 4.70. The van der Waals surface area contributed by atoms with Crippen LogP contribution in [0.25, 0.3) is 11.4 Å². The fourth-order valence-electron chi connectivity index (χ4n) is 3.12. The van der Waals surface area contributed by atoms with Gasteiger partial charge in [0.1, 0.15) is 12.0 Å². The lowest BCUT2D eigenvalue weighted by atomic mass is 10.1. The monoisotopic (exact) mass is 464 g/mol. The summed E-state index contributed by atoms with van der Waals surface area (Å²) >= 11 is 1.18. The Balaban J connectivity index is 1.29. The standard InChI is InChI=1S/C22H16N4O6S/c1-12-16(24-21(29)30-11-13-5-3-2-4-6-13)14(26-33-12)7-8-15-23-17-18(31-15)32-19(25-17)22(9-10-22)20(27)28/h2-6H,9-11H2,1H3,(H,24,29)(H,27,28). The van der Waals surface area contributed by atoms with Gasteiger partial charge in [0.2, 0.25) is 11.5 Å². The molecule has 1 aromatic carbocycles. The van der Waals surface area contributed by atoms with Crippen molar-refractivity contribution < 1.29 is 28.3 Å². The highest BCUT2D eigenvalue weighted by atomic mass is 32.1. The summed E-state index contributed by atoms with van der Waals surface area (Å²) in [4.78, 5) is 32.7. The summed E-state index contributed by atoms with van der Waals surface area (Å²) in [5.41, 5.74) is 0.717. The summed E-state index contributed by atoms with van der Waals surface area (Å²) in [7, 11) is 0. The molecular formula is C22H16N4O6S. The average Bonchev–Trinajstić information content (AvgIpc) is 3.24. The Bertz CT molecular complexity index is 1390. The van der Waals surface area contributed by atoms with E-state index in [-0.39, 0.29) is 29.8 Å². The number of carboxylic acid groups (broad SMARTS) is 1. The van der Waals surface area contributed by atoms with Crippen molar-refractivity contribution in [3.05, 3.63) is 58.2 Å². The quantitative estimate of drug-likeness (QED) is 0.421. The average molecular weight is 464 g/mol. The largest absolute Gasteiger partial charge is 0.480 e. The molecule has 0 saturated heterocycles. The number of anilines is 1. The van der Waals surface area contributed by atoms with Gasteiger partial charge in [0.25, 0.3) is 5.89 Å². The molecule has 33 heavy (non-hydrogen) atoms. The van der Waals surface area contributed by atoms with E-state index in [1.165, 1.54) is 11.5 Å². The second kappa shape index (κ2) is 8.07. The van der Waals surface area contributed by atoms with Crippen LogP contribution in [0.4, 0.5) is 10.5 Å². The minimum Gasteiger partial charge on any atom is -0.480 e. The highest BCUT2D eigenvalue weighted by molar-refractivity contribution is 7.06. The maximum Gasteiger partial charge on any atom is 0.412 e. The molecule has 0 radical (unpaired) electrons. The normalized spacial score (nSPS) is 13.8. The summed E-state index contributed by atoms with van der Waals surface area (Å²) in [6.07, 6.45) is 0.304. The van der Waals surface area contributed by atoms with Gasteiger partial charge in [-0.05, 0) is 42.8 Å². The lowest BCUT2D eigenvalue weighted by Crippen LogP contribution is -2.19. The molecule has 1 saturated carbocycles. The molecule has 0 unspecified atom stereocenters. The predicted molar refractivity (Wildman–Crippen MR) is 116 cm³/mol. The van der Waals surface area contributed by atoms with Crippen molar-refractivity contribution in [2.75, 3.05) is 5.32 Å². The number of nitrogens with zero attached hydrogens (tertiary/aromatic N) is 3. The van der Waals surface area contributed by atoms with E-state index in [0.29, 0.717) is 24.2 Å². The van der Waals surface area contributed by atoms with E-state index in [9.17, 15) is 14.7 Å². The molecule has 1 fully saturated rings. The minimum atomic E-state index is -1.08. The van der Waals surface area contributed by atoms with Gasteiger partial charge in [-0.3, -0.25) is 10.1 Å². The van der Waals surface area contributed by atoms with Crippen molar-refractivity contribution in [1.82, 2.24) is 14.3 Å². The van der Waals surface area contributed by atoms with Crippen molar-refractivity contribution in [3.63, 3.8) is 0 Å². The fraction of sp³-hybridized carbons (Fsp3) is 0.227. The van der Waals surface area contributed by atoms with E-state index in [1.54, 1.807) is 6.92 Å². The Morgan fingerprint density at radius 2 is 2.00 bits per heavy atom. The number of ether oxygens (including phenoxy) is 1. The molecule has 0 aliphatic heterocycles. The SMILES string of the molecule is Cc1snc(C#Cc2nc3nc(C4(C(=O)O)CC4)oc3o2)c1NC(=O)OCc1ccccc1. The number of oxazole rings is 2. The first-order valence-corrected chi connectivity index (χ1v) is 10.7. The zero-order valence-corrected chi connectivity index (χ0v) is 18.1. The van der Waals surface area contributed by atoms with E-state index in [2.05, 4.69) is 31.5 Å². The van der Waals surface area contributed by atoms with E-state index in [4.69, 9.17) is 13.6 Å². The Labute approximate surface area is 190 Å². The molecule has 2 N–H and O–H groups in total. The second-order valence-electron chi connectivity index (χ2n) is 7.44. The lowest BCUT2D eigenvalue weighted by Gasteiger charge is -2.06. The van der Waals surface area contributed by atoms with Gasteiger partial charge < -0.3 is 18.7 Å². The van der Waals surface area contributed by atoms with Crippen molar-refractivity contribution in [2.24, 2.45) is 0 Å². The van der Waals surface area contributed by atoms with E-state index in [0.717, 1.165) is 10.4 Å². The van der Waals surface area contributed by atoms with Crippen LogP contribution in [0, 0.1) is 18.8 Å². The van der Waals surface area contributed by atoms with Gasteiger partial charge in [-0.15, -0.1) is 0 Å². The van der Waals surface area contributed by atoms with Crippen molar-refractivity contribution in [3.8, 4) is 11.8 Å². The first-order chi connectivity index (χ1) is 15.9. The number of hydrogen-bond donors (Lipinski definition) is 2. The Morgan fingerprint density at radius 1 is 1.21 bits per heavy atom. The molecule has 11 heteroatoms. The maximum absolute atomic E-state index is 12.2. The van der Waals surface area contributed by atoms with Gasteiger partial charge in [-0.2, -0.15) is 14.3 Å². The van der Waals surface area contributed by atoms with Crippen LogP contribution in [-0.4, -0.2) is 31.5 Å². The van der Waals surface area contributed by atoms with Crippen LogP contribution in [0.2, 0.25) is 0 Å². The van der Waals surface area contributed by atoms with Crippen LogP contribution in [0.1, 0.15) is 40.8 Å². The highest BCUT2D eigenvalue weighted by Crippen LogP contribution is 2.48. The number of amides is 1. The number of fused-ring (bicyclic) bond motifs is 1. The zero-order valence-electron chi connectivity index (χ0n) is 17.2. The van der Waals surface area contributed by atoms with Crippen molar-refractivity contribution in [1.29, 1.82) is 0 Å². The van der Waals surface area contributed by atoms with Crippen LogP contribution in [0.15, 0.2) is 39.2 Å². The van der Waals surface area contributed by atoms with Crippen LogP contribution >= 0.6 is 11.5 Å². The van der Waals surface area contributed by atoms with Crippen LogP contribution in [0.5, 0.6) is 0 Å². The number of carbonyl (C=O) groups is 2. The summed E-state index contributed by atoms with van der Waals surface area (Å²) in [6, 6.07) is 9.33. The van der Waals surface area contributed by atoms with Crippen LogP contribution < -0.4 is 5.32 Å². The molecule has 3 aromatic heterocycles. The molecule has 166 valence electrons. The predicted octanol–water partition coefficient (Wildman–Crippen LogP) is 3.85. The molecule has 0 bridgehead atoms. The molecule has 5 rings (SSSR count). The fourth-order valence-corrected chi connectivity index (χ4v) is 3.73. The number of aliphatic carboxylic acids is 1. The van der Waals surface area contributed by atoms with Gasteiger partial charge in [0.15, 0.2) is 5.69 Å². The first-order valence-electron chi connectivity index (χ1n) is 9.92. The summed E-state index contributed by atoms with van der Waals surface area (Å²) < 4.78 is 20.4. The number of rotatable bonds is 5. The highest BCUT2D eigenvalue weighted by Gasteiger charge is 2.56. The first kappa shape index (κ1) is 20.7. The molecule has 1 aliphatic rings. The van der Waals surface area contributed by atoms with E-state index >= 15 is 0 Å². The maximum atomic E-state index is 12.2. The molecule has 3 heterocycles. The molecule has 1 amide bonds. The molecule has 10 nitrogen and oxygen atoms in total. The number of carboxylic acids is 1. The molecule has 0 atom stereocenters. The number of benzene rings is 1. The number of carbonyl (C=O) groups excluding carboxylic acids is 1. The lowest BCUT2D eigenvalue weighted by molar-refractivity contribution is -0.140. The third-order valence-electron chi connectivity index (χ3n) is 5.14. The van der Waals surface area contributed by atoms with E-state index in [1.807, 2.05) is 30.3 Å². The molecular weight excluding hydrogens is 448 g/mol. The molecule has 0 spiro atoms. The minimum absolute atomic E-state index is 0.0131. The van der Waals surface area contributed by atoms with Crippen molar-refractivity contribution >= 4 is 40.7 Å². The third-order valence-corrected chi connectivity index (χ3v) is 5.89. The van der Waals surface area contributed by atoms with Gasteiger partial charge in [0.05, 0.1) is 5.69 Å². The molecule has 1 aliphatic carbocycles. The Kier molecular flexibility index (Phi) is 5.07. The third kappa shape index (κ3) is 4.04. The number of aromatic nitrogens is 3. The number of hydrogen-bond acceptors (Lipinski definition) is 9. The van der Waals surface area contributed by atoms with Gasteiger partial charge in [0, 0.05) is 10.8 Å². The Hall–Kier alpha value is -4.17. The van der Waals surface area contributed by atoms with E-state index < -0.39 is 17.5 Å². The van der Waals surface area contributed by atoms with Gasteiger partial charge in [-0.25, -0.2) is 4.79 Å². The van der Waals surface area contributed by atoms with Crippen molar-refractivity contribution in [2.45, 2.75) is 31.8 Å². The van der Waals surface area contributed by atoms with Gasteiger partial charge >= 0.3 is 17.8 Å². The summed E-state index contributed by atoms with van der Waals surface area (Å²) in [5, 5.41) is 12.0. The van der Waals surface area contributed by atoms with Gasteiger partial charge in [-0.1, -0.05) is 30.3 Å². The zero-order chi connectivity index (χ0) is 23.0. The summed E-state index contributed by atoms with van der Waals surface area (Å²) in [6.45, 7) is 1.94. The number of nitrogens with one attached hydrogen (secondary N) is 1. The molecule has 4 aromatic rings. The Morgan fingerprint density at radius 3 is 2.70 bits per heavy atom. The smallest absolute Gasteiger partial charge is 0.412 e. The van der Waals surface area contributed by atoms with Crippen LogP contribution in [-0.2, 0) is 21.6 Å². The number of aryl methyl sites for hydroxylation is 1.